The standard InChI is InChI=1S/C15H22/c1-4-13-9-12(3)10-15(13)14-7-5-11(2)6-8-14/h5-8,12-13,15H,4,9-10H2,1-3H3/t12-,13?,15?/m1/s1. The van der Waals surface area contributed by atoms with Crippen molar-refractivity contribution in [1.82, 2.24) is 0 Å². The van der Waals surface area contributed by atoms with E-state index in [1.165, 1.54) is 24.8 Å². The number of hydrogen-bond donors (Lipinski definition) is 0. The van der Waals surface area contributed by atoms with E-state index in [9.17, 15) is 0 Å². The fourth-order valence-electron chi connectivity index (χ4n) is 3.08. The van der Waals surface area contributed by atoms with Crippen molar-refractivity contribution < 1.29 is 0 Å². The summed E-state index contributed by atoms with van der Waals surface area (Å²) in [4.78, 5) is 0. The third kappa shape index (κ3) is 2.25. The van der Waals surface area contributed by atoms with Gasteiger partial charge in [-0.1, -0.05) is 50.1 Å². The molecule has 1 fully saturated rings. The number of aryl methyl sites for hydroxylation is 1. The van der Waals surface area contributed by atoms with Gasteiger partial charge in [0, 0.05) is 0 Å². The van der Waals surface area contributed by atoms with E-state index in [4.69, 9.17) is 0 Å². The van der Waals surface area contributed by atoms with Gasteiger partial charge in [0.2, 0.25) is 0 Å². The van der Waals surface area contributed by atoms with E-state index in [-0.39, 0.29) is 0 Å². The first-order chi connectivity index (χ1) is 7.20. The highest BCUT2D eigenvalue weighted by Gasteiger charge is 2.31. The highest BCUT2D eigenvalue weighted by molar-refractivity contribution is 5.26. The summed E-state index contributed by atoms with van der Waals surface area (Å²) in [6.07, 6.45) is 4.15. The molecule has 0 aliphatic heterocycles. The average molecular weight is 202 g/mol. The molecule has 0 nitrogen and oxygen atoms in total. The zero-order chi connectivity index (χ0) is 10.8. The van der Waals surface area contributed by atoms with Crippen molar-refractivity contribution in [2.75, 3.05) is 0 Å². The van der Waals surface area contributed by atoms with Crippen molar-refractivity contribution in [3.8, 4) is 0 Å². The van der Waals surface area contributed by atoms with Gasteiger partial charge in [0.1, 0.15) is 0 Å². The van der Waals surface area contributed by atoms with Crippen molar-refractivity contribution in [2.45, 2.75) is 46.0 Å². The van der Waals surface area contributed by atoms with Crippen LogP contribution >= 0.6 is 0 Å². The van der Waals surface area contributed by atoms with Crippen LogP contribution in [0.2, 0.25) is 0 Å². The first-order valence-electron chi connectivity index (χ1n) is 6.27. The maximum absolute atomic E-state index is 2.40. The van der Waals surface area contributed by atoms with Gasteiger partial charge < -0.3 is 0 Å². The minimum Gasteiger partial charge on any atom is -0.0651 e. The van der Waals surface area contributed by atoms with Crippen LogP contribution in [0.15, 0.2) is 24.3 Å². The second-order valence-corrected chi connectivity index (χ2v) is 5.26. The van der Waals surface area contributed by atoms with Crippen molar-refractivity contribution >= 4 is 0 Å². The fourth-order valence-corrected chi connectivity index (χ4v) is 3.08. The van der Waals surface area contributed by atoms with Crippen molar-refractivity contribution in [2.24, 2.45) is 11.8 Å². The summed E-state index contributed by atoms with van der Waals surface area (Å²) in [5.74, 6) is 2.66. The van der Waals surface area contributed by atoms with E-state index in [1.54, 1.807) is 5.56 Å². The molecule has 0 aromatic heterocycles. The summed E-state index contributed by atoms with van der Waals surface area (Å²) in [7, 11) is 0. The molecule has 0 saturated heterocycles. The maximum Gasteiger partial charge on any atom is -0.0131 e. The lowest BCUT2D eigenvalue weighted by atomic mass is 9.87. The molecule has 15 heavy (non-hydrogen) atoms. The van der Waals surface area contributed by atoms with E-state index < -0.39 is 0 Å². The van der Waals surface area contributed by atoms with Crippen LogP contribution in [0.4, 0.5) is 0 Å². The van der Waals surface area contributed by atoms with Crippen LogP contribution in [0.25, 0.3) is 0 Å². The van der Waals surface area contributed by atoms with E-state index in [0.29, 0.717) is 0 Å². The van der Waals surface area contributed by atoms with Gasteiger partial charge in [0.15, 0.2) is 0 Å². The van der Waals surface area contributed by atoms with Gasteiger partial charge in [-0.25, -0.2) is 0 Å². The summed E-state index contributed by atoms with van der Waals surface area (Å²) in [6.45, 7) is 6.90. The van der Waals surface area contributed by atoms with Gasteiger partial charge in [-0.3, -0.25) is 0 Å². The Morgan fingerprint density at radius 3 is 2.40 bits per heavy atom. The van der Waals surface area contributed by atoms with Crippen LogP contribution in [-0.2, 0) is 0 Å². The molecule has 1 aromatic carbocycles. The molecule has 2 unspecified atom stereocenters. The second-order valence-electron chi connectivity index (χ2n) is 5.26. The zero-order valence-electron chi connectivity index (χ0n) is 10.2. The Kier molecular flexibility index (Phi) is 3.14. The summed E-state index contributed by atoms with van der Waals surface area (Å²) >= 11 is 0. The maximum atomic E-state index is 2.40. The predicted molar refractivity (Wildman–Crippen MR) is 66.1 cm³/mol. The van der Waals surface area contributed by atoms with Crippen molar-refractivity contribution in [1.29, 1.82) is 0 Å². The third-order valence-corrected chi connectivity index (χ3v) is 3.96. The van der Waals surface area contributed by atoms with Crippen LogP contribution in [-0.4, -0.2) is 0 Å². The SMILES string of the molecule is CCC1C[C@@H](C)CC1c1ccc(C)cc1. The molecule has 1 aromatic rings. The third-order valence-electron chi connectivity index (χ3n) is 3.96. The number of hydrogen-bond acceptors (Lipinski definition) is 0. The molecule has 0 spiro atoms. The number of rotatable bonds is 2. The molecule has 0 N–H and O–H groups in total. The van der Waals surface area contributed by atoms with E-state index in [0.717, 1.165) is 17.8 Å². The molecule has 0 amide bonds. The number of benzene rings is 1. The topological polar surface area (TPSA) is 0 Å². The highest BCUT2D eigenvalue weighted by atomic mass is 14.4. The zero-order valence-corrected chi connectivity index (χ0v) is 10.2. The molecule has 0 bridgehead atoms. The smallest absolute Gasteiger partial charge is 0.0131 e. The summed E-state index contributed by atoms with van der Waals surface area (Å²) in [5.41, 5.74) is 2.94. The van der Waals surface area contributed by atoms with Crippen molar-refractivity contribution in [3.63, 3.8) is 0 Å². The lowest BCUT2D eigenvalue weighted by Crippen LogP contribution is -2.04. The van der Waals surface area contributed by atoms with E-state index >= 15 is 0 Å². The summed E-state index contributed by atoms with van der Waals surface area (Å²) in [6, 6.07) is 9.18. The van der Waals surface area contributed by atoms with Gasteiger partial charge in [-0.15, -0.1) is 0 Å². The Bertz CT molecular complexity index is 309. The minimum absolute atomic E-state index is 0.825. The molecular formula is C15H22. The van der Waals surface area contributed by atoms with Crippen LogP contribution in [0.3, 0.4) is 0 Å². The van der Waals surface area contributed by atoms with Crippen LogP contribution in [0.1, 0.15) is 50.2 Å². The van der Waals surface area contributed by atoms with Gasteiger partial charge >= 0.3 is 0 Å². The highest BCUT2D eigenvalue weighted by Crippen LogP contribution is 2.44. The second kappa shape index (κ2) is 4.38. The first kappa shape index (κ1) is 10.7. The van der Waals surface area contributed by atoms with E-state index in [2.05, 4.69) is 45.0 Å². The molecule has 1 saturated carbocycles. The van der Waals surface area contributed by atoms with Gasteiger partial charge in [0.05, 0.1) is 0 Å². The normalized spacial score (nSPS) is 30.7. The molecule has 1 aliphatic carbocycles. The minimum atomic E-state index is 0.825. The molecule has 2 rings (SSSR count). The lowest BCUT2D eigenvalue weighted by Gasteiger charge is -2.18. The molecule has 1 aliphatic rings. The van der Waals surface area contributed by atoms with Gasteiger partial charge in [-0.05, 0) is 43.1 Å². The predicted octanol–water partition coefficient (Wildman–Crippen LogP) is 4.53. The Balaban J connectivity index is 2.19. The largest absolute Gasteiger partial charge is 0.0651 e. The molecule has 0 heterocycles. The molecule has 82 valence electrons. The lowest BCUT2D eigenvalue weighted by molar-refractivity contribution is 0.463. The summed E-state index contributed by atoms with van der Waals surface area (Å²) < 4.78 is 0. The van der Waals surface area contributed by atoms with Crippen LogP contribution in [0.5, 0.6) is 0 Å². The van der Waals surface area contributed by atoms with Gasteiger partial charge in [-0.2, -0.15) is 0 Å². The fraction of sp³-hybridized carbons (Fsp3) is 0.600. The molecule has 0 heteroatoms. The molecular weight excluding hydrogens is 180 g/mol. The monoisotopic (exact) mass is 202 g/mol. The first-order valence-corrected chi connectivity index (χ1v) is 6.27. The Morgan fingerprint density at radius 1 is 1.13 bits per heavy atom. The van der Waals surface area contributed by atoms with Crippen molar-refractivity contribution in [3.05, 3.63) is 35.4 Å². The van der Waals surface area contributed by atoms with E-state index in [1.807, 2.05) is 0 Å². The molecule has 3 atom stereocenters. The molecule has 0 radical (unpaired) electrons. The Labute approximate surface area is 93.7 Å². The van der Waals surface area contributed by atoms with Crippen LogP contribution in [0, 0.1) is 18.8 Å². The van der Waals surface area contributed by atoms with Gasteiger partial charge in [0.25, 0.3) is 0 Å². The summed E-state index contributed by atoms with van der Waals surface area (Å²) in [5, 5.41) is 0. The average Bonchev–Trinajstić information content (AvgIpc) is 2.61. The quantitative estimate of drug-likeness (QED) is 0.660. The van der Waals surface area contributed by atoms with Crippen LogP contribution < -0.4 is 0 Å². The Hall–Kier alpha value is -0.780. The Morgan fingerprint density at radius 2 is 1.80 bits per heavy atom.